The molecule has 1 aliphatic heterocycles. The molecule has 32 heavy (non-hydrogen) atoms. The molecule has 0 radical (unpaired) electrons. The van der Waals surface area contributed by atoms with E-state index in [4.69, 9.17) is 4.74 Å². The van der Waals surface area contributed by atoms with Crippen LogP contribution in [0.2, 0.25) is 0 Å². The Morgan fingerprint density at radius 3 is 2.59 bits per heavy atom. The van der Waals surface area contributed by atoms with E-state index in [1.165, 1.54) is 17.7 Å². The van der Waals surface area contributed by atoms with Crippen molar-refractivity contribution in [3.05, 3.63) is 69.6 Å². The molecule has 2 amide bonds. The van der Waals surface area contributed by atoms with Crippen LogP contribution < -0.4 is 16.2 Å². The normalized spacial score (nSPS) is 20.5. The monoisotopic (exact) mass is 438 g/mol. The van der Waals surface area contributed by atoms with Gasteiger partial charge in [0, 0.05) is 32.4 Å². The highest BCUT2D eigenvalue weighted by Gasteiger charge is 2.38. The second-order valence-electron chi connectivity index (χ2n) is 8.46. The second kappa shape index (κ2) is 10.1. The Balaban J connectivity index is 1.43. The average molecular weight is 439 g/mol. The minimum atomic E-state index is -0.499. The van der Waals surface area contributed by atoms with E-state index in [9.17, 15) is 14.4 Å². The molecule has 1 aromatic heterocycles. The summed E-state index contributed by atoms with van der Waals surface area (Å²) in [7, 11) is 1.47. The number of hydrogen-bond donors (Lipinski definition) is 2. The summed E-state index contributed by atoms with van der Waals surface area (Å²) in [6.45, 7) is 4.82. The Morgan fingerprint density at radius 1 is 1.12 bits per heavy atom. The molecular formula is C24H30N4O4. The van der Waals surface area contributed by atoms with Crippen LogP contribution in [-0.4, -0.2) is 67.2 Å². The first-order chi connectivity index (χ1) is 15.5. The lowest BCUT2D eigenvalue weighted by atomic mass is 10.1. The number of hydrogen-bond acceptors (Lipinski definition) is 5. The molecule has 4 rings (SSSR count). The van der Waals surface area contributed by atoms with Gasteiger partial charge in [-0.15, -0.1) is 0 Å². The standard InChI is InChI=1S/C24H30N4O4/c1-25-23(30)20-13-19(16-28(24(20)31)15-17-5-3-2-4-6-17)22(29)26-21-14-18(21)7-8-27-9-11-32-12-10-27/h2-6,13,16,18,21H,7-12,14-15H2,1H3,(H,25,30)(H,26,29). The molecular weight excluding hydrogens is 408 g/mol. The fraction of sp³-hybridized carbons (Fsp3) is 0.458. The minimum Gasteiger partial charge on any atom is -0.379 e. The summed E-state index contributed by atoms with van der Waals surface area (Å²) in [4.78, 5) is 40.4. The van der Waals surface area contributed by atoms with Gasteiger partial charge in [-0.25, -0.2) is 0 Å². The summed E-state index contributed by atoms with van der Waals surface area (Å²) in [6, 6.07) is 11.0. The van der Waals surface area contributed by atoms with Gasteiger partial charge in [-0.05, 0) is 36.9 Å². The lowest BCUT2D eigenvalue weighted by molar-refractivity contribution is 0.0367. The van der Waals surface area contributed by atoms with Crippen molar-refractivity contribution in [3.63, 3.8) is 0 Å². The van der Waals surface area contributed by atoms with Crippen LogP contribution in [0, 0.1) is 5.92 Å². The number of ether oxygens (including phenoxy) is 1. The smallest absolute Gasteiger partial charge is 0.263 e. The maximum absolute atomic E-state index is 12.9. The predicted molar refractivity (Wildman–Crippen MR) is 121 cm³/mol. The summed E-state index contributed by atoms with van der Waals surface area (Å²) in [5.74, 6) is -0.285. The molecule has 0 bridgehead atoms. The molecule has 2 unspecified atom stereocenters. The molecule has 170 valence electrons. The van der Waals surface area contributed by atoms with Crippen molar-refractivity contribution in [3.8, 4) is 0 Å². The Kier molecular flexibility index (Phi) is 7.02. The first-order valence-electron chi connectivity index (χ1n) is 11.2. The van der Waals surface area contributed by atoms with Crippen molar-refractivity contribution in [2.75, 3.05) is 39.9 Å². The molecule has 0 spiro atoms. The molecule has 2 fully saturated rings. The first kappa shape index (κ1) is 22.2. The lowest BCUT2D eigenvalue weighted by Gasteiger charge is -2.26. The molecule has 2 N–H and O–H groups in total. The highest BCUT2D eigenvalue weighted by Crippen LogP contribution is 2.34. The third kappa shape index (κ3) is 5.44. The van der Waals surface area contributed by atoms with Crippen LogP contribution in [0.1, 0.15) is 39.1 Å². The SMILES string of the molecule is CNC(=O)c1cc(C(=O)NC2CC2CCN2CCOCC2)cn(Cc2ccccc2)c1=O. The van der Waals surface area contributed by atoms with Crippen molar-refractivity contribution < 1.29 is 14.3 Å². The van der Waals surface area contributed by atoms with E-state index in [0.717, 1.165) is 51.3 Å². The number of benzene rings is 1. The molecule has 2 aromatic rings. The Bertz CT molecular complexity index is 1010. The van der Waals surface area contributed by atoms with Crippen molar-refractivity contribution >= 4 is 11.8 Å². The van der Waals surface area contributed by atoms with Gasteiger partial charge < -0.3 is 19.9 Å². The number of nitrogens with one attached hydrogen (secondary N) is 2. The van der Waals surface area contributed by atoms with Crippen LogP contribution in [0.5, 0.6) is 0 Å². The van der Waals surface area contributed by atoms with Crippen LogP contribution in [0.25, 0.3) is 0 Å². The Labute approximate surface area is 187 Å². The summed E-state index contributed by atoms with van der Waals surface area (Å²) in [5.41, 5.74) is 0.786. The van der Waals surface area contributed by atoms with E-state index in [1.54, 1.807) is 6.20 Å². The number of carbonyl (C=O) groups is 2. The highest BCUT2D eigenvalue weighted by atomic mass is 16.5. The summed E-state index contributed by atoms with van der Waals surface area (Å²) in [5, 5.41) is 5.56. The predicted octanol–water partition coefficient (Wildman–Crippen LogP) is 1.10. The summed E-state index contributed by atoms with van der Waals surface area (Å²) in [6.07, 6.45) is 3.55. The van der Waals surface area contributed by atoms with Gasteiger partial charge in [0.25, 0.3) is 17.4 Å². The largest absolute Gasteiger partial charge is 0.379 e. The van der Waals surface area contributed by atoms with Crippen molar-refractivity contribution in [2.24, 2.45) is 5.92 Å². The maximum Gasteiger partial charge on any atom is 0.263 e. The average Bonchev–Trinajstić information content (AvgIpc) is 3.57. The third-order valence-corrected chi connectivity index (χ3v) is 6.17. The zero-order chi connectivity index (χ0) is 22.5. The second-order valence-corrected chi connectivity index (χ2v) is 8.46. The molecule has 1 aromatic carbocycles. The fourth-order valence-corrected chi connectivity index (χ4v) is 4.12. The zero-order valence-electron chi connectivity index (χ0n) is 18.4. The van der Waals surface area contributed by atoms with Crippen LogP contribution in [0.3, 0.4) is 0 Å². The maximum atomic E-state index is 12.9. The number of amides is 2. The van der Waals surface area contributed by atoms with Crippen molar-refractivity contribution in [2.45, 2.75) is 25.4 Å². The van der Waals surface area contributed by atoms with E-state index in [1.807, 2.05) is 30.3 Å². The third-order valence-electron chi connectivity index (χ3n) is 6.17. The van der Waals surface area contributed by atoms with Gasteiger partial charge in [0.2, 0.25) is 0 Å². The van der Waals surface area contributed by atoms with E-state index < -0.39 is 11.5 Å². The van der Waals surface area contributed by atoms with E-state index in [2.05, 4.69) is 15.5 Å². The number of rotatable bonds is 8. The van der Waals surface area contributed by atoms with Gasteiger partial charge in [-0.1, -0.05) is 30.3 Å². The number of nitrogens with zero attached hydrogens (tertiary/aromatic N) is 2. The van der Waals surface area contributed by atoms with Crippen LogP contribution >= 0.6 is 0 Å². The molecule has 1 saturated carbocycles. The van der Waals surface area contributed by atoms with Crippen molar-refractivity contribution in [1.29, 1.82) is 0 Å². The number of aromatic nitrogens is 1. The lowest BCUT2D eigenvalue weighted by Crippen LogP contribution is -2.37. The number of carbonyl (C=O) groups excluding carboxylic acids is 2. The molecule has 8 nitrogen and oxygen atoms in total. The Hall–Kier alpha value is -2.97. The Morgan fingerprint density at radius 2 is 1.88 bits per heavy atom. The van der Waals surface area contributed by atoms with E-state index >= 15 is 0 Å². The summed E-state index contributed by atoms with van der Waals surface area (Å²) < 4.78 is 6.81. The molecule has 2 heterocycles. The fourth-order valence-electron chi connectivity index (χ4n) is 4.12. The molecule has 1 aliphatic carbocycles. The van der Waals surface area contributed by atoms with Gasteiger partial charge in [0.1, 0.15) is 5.56 Å². The number of pyridine rings is 1. The van der Waals surface area contributed by atoms with Crippen LogP contribution in [-0.2, 0) is 11.3 Å². The van der Waals surface area contributed by atoms with E-state index in [-0.39, 0.29) is 24.1 Å². The van der Waals surface area contributed by atoms with Gasteiger partial charge in [0.15, 0.2) is 0 Å². The van der Waals surface area contributed by atoms with E-state index in [0.29, 0.717) is 11.5 Å². The topological polar surface area (TPSA) is 92.7 Å². The first-order valence-corrected chi connectivity index (χ1v) is 11.2. The van der Waals surface area contributed by atoms with Gasteiger partial charge in [-0.3, -0.25) is 19.3 Å². The van der Waals surface area contributed by atoms with Crippen LogP contribution in [0.15, 0.2) is 47.4 Å². The molecule has 2 atom stereocenters. The molecule has 8 heteroatoms. The molecule has 2 aliphatic rings. The molecule has 1 saturated heterocycles. The van der Waals surface area contributed by atoms with Crippen LogP contribution in [0.4, 0.5) is 0 Å². The quantitative estimate of drug-likeness (QED) is 0.644. The van der Waals surface area contributed by atoms with Gasteiger partial charge in [0.05, 0.1) is 25.3 Å². The van der Waals surface area contributed by atoms with Gasteiger partial charge >= 0.3 is 0 Å². The zero-order valence-corrected chi connectivity index (χ0v) is 18.4. The van der Waals surface area contributed by atoms with Gasteiger partial charge in [-0.2, -0.15) is 0 Å². The highest BCUT2D eigenvalue weighted by molar-refractivity contribution is 5.99. The summed E-state index contributed by atoms with van der Waals surface area (Å²) >= 11 is 0. The van der Waals surface area contributed by atoms with Crippen molar-refractivity contribution in [1.82, 2.24) is 20.1 Å². The number of morpholine rings is 1. The minimum absolute atomic E-state index is 0.0317.